The first-order chi connectivity index (χ1) is 17.7. The highest BCUT2D eigenvalue weighted by Crippen LogP contribution is 2.39. The Morgan fingerprint density at radius 3 is 2.46 bits per heavy atom. The smallest absolute Gasteiger partial charge is 0.258 e. The molecule has 1 aliphatic rings. The SMILES string of the molecule is COc1ccc(-c2c(C#N)c(S[C@@H]3OC[C@@H](O)[C@H](O)[C@H]3O)nc(C)c2C(=O)Nc2ccc(Cl)cc2)cc1. The maximum Gasteiger partial charge on any atom is 0.258 e. The lowest BCUT2D eigenvalue weighted by molar-refractivity contribution is -0.161. The van der Waals surface area contributed by atoms with Crippen LogP contribution in [-0.4, -0.2) is 63.7 Å². The van der Waals surface area contributed by atoms with Gasteiger partial charge in [-0.3, -0.25) is 4.79 Å². The summed E-state index contributed by atoms with van der Waals surface area (Å²) in [5.41, 5.74) is 1.07. The first-order valence-electron chi connectivity index (χ1n) is 11.2. The summed E-state index contributed by atoms with van der Waals surface area (Å²) in [6.07, 6.45) is -4.06. The number of aliphatic hydroxyl groups excluding tert-OH is 3. The molecular weight excluding hydrogens is 518 g/mol. The molecule has 0 spiro atoms. The Bertz CT molecular complexity index is 1330. The second kappa shape index (κ2) is 11.5. The van der Waals surface area contributed by atoms with Crippen molar-refractivity contribution in [2.24, 2.45) is 0 Å². The number of nitriles is 1. The summed E-state index contributed by atoms with van der Waals surface area (Å²) in [5, 5.41) is 44.0. The molecule has 4 rings (SSSR count). The third-order valence-corrected chi connectivity index (χ3v) is 7.26. The highest BCUT2D eigenvalue weighted by molar-refractivity contribution is 7.99. The number of pyridine rings is 1. The molecule has 1 amide bonds. The van der Waals surface area contributed by atoms with Gasteiger partial charge in [0.1, 0.15) is 40.6 Å². The highest BCUT2D eigenvalue weighted by atomic mass is 35.5. The third kappa shape index (κ3) is 5.72. The summed E-state index contributed by atoms with van der Waals surface area (Å²) >= 11 is 6.89. The molecule has 1 aliphatic heterocycles. The summed E-state index contributed by atoms with van der Waals surface area (Å²) < 4.78 is 10.8. The topological polar surface area (TPSA) is 145 Å². The Hall–Kier alpha value is -3.17. The standard InChI is InChI=1S/C26H24ClN3O6S/c1-13-20(24(34)30-16-7-5-15(27)6-8-16)21(14-3-9-17(35-2)10-4-14)18(11-28)25(29-13)37-26-23(33)22(32)19(31)12-36-26/h3-10,19,22-23,26,31-33H,12H2,1-2H3,(H,30,34)/t19-,22+,23-,26+/m1/s1. The van der Waals surface area contributed by atoms with Crippen molar-refractivity contribution >= 4 is 35.0 Å². The maximum absolute atomic E-state index is 13.5. The van der Waals surface area contributed by atoms with Gasteiger partial charge in [-0.05, 0) is 48.9 Å². The minimum absolute atomic E-state index is 0.0958. The number of thioether (sulfide) groups is 1. The van der Waals surface area contributed by atoms with Crippen molar-refractivity contribution in [2.75, 3.05) is 19.0 Å². The number of methoxy groups -OCH3 is 1. The number of aromatic nitrogens is 1. The minimum atomic E-state index is -1.42. The molecule has 11 heteroatoms. The van der Waals surface area contributed by atoms with Gasteiger partial charge in [-0.1, -0.05) is 35.5 Å². The second-order valence-corrected chi connectivity index (χ2v) is 9.82. The van der Waals surface area contributed by atoms with E-state index in [9.17, 15) is 25.4 Å². The predicted molar refractivity (Wildman–Crippen MR) is 139 cm³/mol. The summed E-state index contributed by atoms with van der Waals surface area (Å²) in [7, 11) is 1.53. The number of nitrogens with zero attached hydrogens (tertiary/aromatic N) is 2. The molecule has 0 aliphatic carbocycles. The van der Waals surface area contributed by atoms with Crippen molar-refractivity contribution in [3.63, 3.8) is 0 Å². The van der Waals surface area contributed by atoms with Gasteiger partial charge in [0, 0.05) is 16.3 Å². The number of carbonyl (C=O) groups is 1. The number of aryl methyl sites for hydroxylation is 1. The van der Waals surface area contributed by atoms with E-state index in [-0.39, 0.29) is 22.8 Å². The first kappa shape index (κ1) is 26.9. The van der Waals surface area contributed by atoms with E-state index < -0.39 is 29.7 Å². The normalized spacial score (nSPS) is 21.2. The van der Waals surface area contributed by atoms with Gasteiger partial charge in [0.2, 0.25) is 0 Å². The van der Waals surface area contributed by atoms with Crippen LogP contribution in [0.5, 0.6) is 5.75 Å². The van der Waals surface area contributed by atoms with Crippen molar-refractivity contribution in [1.82, 2.24) is 4.98 Å². The van der Waals surface area contributed by atoms with Crippen LogP contribution in [0.2, 0.25) is 5.02 Å². The molecule has 0 bridgehead atoms. The number of anilines is 1. The number of hydrogen-bond donors (Lipinski definition) is 4. The molecule has 1 fully saturated rings. The predicted octanol–water partition coefficient (Wildman–Crippen LogP) is 3.37. The monoisotopic (exact) mass is 541 g/mol. The van der Waals surface area contributed by atoms with E-state index in [1.807, 2.05) is 0 Å². The lowest BCUT2D eigenvalue weighted by Gasteiger charge is -2.34. The number of benzene rings is 2. The molecule has 2 aromatic carbocycles. The summed E-state index contributed by atoms with van der Waals surface area (Å²) in [5.74, 6) is 0.125. The van der Waals surface area contributed by atoms with Crippen LogP contribution in [0.25, 0.3) is 11.1 Å². The molecule has 4 N–H and O–H groups in total. The number of hydrogen-bond acceptors (Lipinski definition) is 9. The zero-order valence-electron chi connectivity index (χ0n) is 19.9. The van der Waals surface area contributed by atoms with Gasteiger partial charge in [0.15, 0.2) is 0 Å². The highest BCUT2D eigenvalue weighted by Gasteiger charge is 2.39. The molecule has 9 nitrogen and oxygen atoms in total. The fourth-order valence-electron chi connectivity index (χ4n) is 3.91. The minimum Gasteiger partial charge on any atom is -0.497 e. The number of carbonyl (C=O) groups excluding carboxylic acids is 1. The molecule has 1 aromatic heterocycles. The van der Waals surface area contributed by atoms with Crippen LogP contribution in [0, 0.1) is 18.3 Å². The molecule has 3 aromatic rings. The molecule has 0 unspecified atom stereocenters. The van der Waals surface area contributed by atoms with Gasteiger partial charge in [-0.25, -0.2) is 4.98 Å². The van der Waals surface area contributed by atoms with E-state index in [0.717, 1.165) is 11.8 Å². The van der Waals surface area contributed by atoms with E-state index in [2.05, 4.69) is 16.4 Å². The van der Waals surface area contributed by atoms with Crippen LogP contribution >= 0.6 is 23.4 Å². The van der Waals surface area contributed by atoms with Crippen LogP contribution < -0.4 is 10.1 Å². The Labute approximate surface area is 222 Å². The van der Waals surface area contributed by atoms with Crippen LogP contribution in [0.15, 0.2) is 53.6 Å². The Balaban J connectivity index is 1.82. The van der Waals surface area contributed by atoms with Gasteiger partial charge >= 0.3 is 0 Å². The number of amides is 1. The number of ether oxygens (including phenoxy) is 2. The van der Waals surface area contributed by atoms with Gasteiger partial charge in [0.05, 0.1) is 30.5 Å². The molecule has 4 atom stereocenters. The van der Waals surface area contributed by atoms with Gasteiger partial charge in [-0.2, -0.15) is 5.26 Å². The van der Waals surface area contributed by atoms with Gasteiger partial charge in [-0.15, -0.1) is 0 Å². The fourth-order valence-corrected chi connectivity index (χ4v) is 5.16. The molecule has 0 radical (unpaired) electrons. The lowest BCUT2D eigenvalue weighted by atomic mass is 9.94. The van der Waals surface area contributed by atoms with Crippen LogP contribution in [0.3, 0.4) is 0 Å². The quantitative estimate of drug-likeness (QED) is 0.369. The molecule has 1 saturated heterocycles. The number of nitrogens with one attached hydrogen (secondary N) is 1. The van der Waals surface area contributed by atoms with Crippen LogP contribution in [-0.2, 0) is 4.74 Å². The zero-order chi connectivity index (χ0) is 26.7. The Morgan fingerprint density at radius 2 is 1.84 bits per heavy atom. The lowest BCUT2D eigenvalue weighted by Crippen LogP contribution is -2.51. The molecule has 2 heterocycles. The number of rotatable bonds is 6. The Morgan fingerprint density at radius 1 is 1.16 bits per heavy atom. The van der Waals surface area contributed by atoms with E-state index >= 15 is 0 Å². The van der Waals surface area contributed by atoms with Crippen molar-refractivity contribution in [2.45, 2.75) is 35.7 Å². The molecule has 192 valence electrons. The second-order valence-electron chi connectivity index (χ2n) is 8.30. The third-order valence-electron chi connectivity index (χ3n) is 5.85. The average Bonchev–Trinajstić information content (AvgIpc) is 2.90. The van der Waals surface area contributed by atoms with E-state index in [4.69, 9.17) is 21.1 Å². The van der Waals surface area contributed by atoms with Crippen molar-refractivity contribution in [1.29, 1.82) is 5.26 Å². The average molecular weight is 542 g/mol. The Kier molecular flexibility index (Phi) is 8.34. The summed E-state index contributed by atoms with van der Waals surface area (Å²) in [4.78, 5) is 18.0. The van der Waals surface area contributed by atoms with Crippen molar-refractivity contribution in [3.05, 3.63) is 70.4 Å². The van der Waals surface area contributed by atoms with Gasteiger partial charge in [0.25, 0.3) is 5.91 Å². The first-order valence-corrected chi connectivity index (χ1v) is 12.5. The van der Waals surface area contributed by atoms with E-state index in [1.54, 1.807) is 55.5 Å². The summed E-state index contributed by atoms with van der Waals surface area (Å²) in [6.45, 7) is 1.45. The van der Waals surface area contributed by atoms with Gasteiger partial charge < -0.3 is 30.1 Å². The van der Waals surface area contributed by atoms with Crippen molar-refractivity contribution in [3.8, 4) is 22.9 Å². The van der Waals surface area contributed by atoms with Crippen LogP contribution in [0.4, 0.5) is 5.69 Å². The largest absolute Gasteiger partial charge is 0.497 e. The van der Waals surface area contributed by atoms with Crippen molar-refractivity contribution < 1.29 is 29.6 Å². The van der Waals surface area contributed by atoms with E-state index in [0.29, 0.717) is 33.3 Å². The zero-order valence-corrected chi connectivity index (χ0v) is 21.5. The molecular formula is C26H24ClN3O6S. The maximum atomic E-state index is 13.5. The van der Waals surface area contributed by atoms with E-state index in [1.165, 1.54) is 7.11 Å². The molecule has 37 heavy (non-hydrogen) atoms. The molecule has 0 saturated carbocycles. The fraction of sp³-hybridized carbons (Fsp3) is 0.269. The van der Waals surface area contributed by atoms with Crippen LogP contribution in [0.1, 0.15) is 21.6 Å². The number of halogens is 1. The summed E-state index contributed by atoms with van der Waals surface area (Å²) in [6, 6.07) is 15.6. The number of aliphatic hydroxyl groups is 3.